The molecule has 1 aromatic rings. The van der Waals surface area contributed by atoms with Crippen molar-refractivity contribution in [3.8, 4) is 0 Å². The highest BCUT2D eigenvalue weighted by Crippen LogP contribution is 2.39. The number of carbonyl (C=O) groups is 1. The summed E-state index contributed by atoms with van der Waals surface area (Å²) in [6.07, 6.45) is 0. The van der Waals surface area contributed by atoms with E-state index < -0.39 is 0 Å². The van der Waals surface area contributed by atoms with Crippen LogP contribution in [0.25, 0.3) is 0 Å². The molecule has 0 fully saturated rings. The fraction of sp³-hybridized carbons (Fsp3) is 0.462. The van der Waals surface area contributed by atoms with Crippen molar-refractivity contribution < 1.29 is 9.53 Å². The molecule has 0 saturated heterocycles. The molecule has 16 heavy (non-hydrogen) atoms. The summed E-state index contributed by atoms with van der Waals surface area (Å²) >= 11 is 1.92. The molecule has 86 valence electrons. The van der Waals surface area contributed by atoms with Gasteiger partial charge < -0.3 is 4.74 Å². The highest BCUT2D eigenvalue weighted by molar-refractivity contribution is 7.98. The maximum absolute atomic E-state index is 11.7. The molecule has 0 aliphatic carbocycles. The van der Waals surface area contributed by atoms with Gasteiger partial charge in [0.05, 0.1) is 12.7 Å². The molecule has 1 heterocycles. The summed E-state index contributed by atoms with van der Waals surface area (Å²) in [5.74, 6) is 1.81. The molecule has 0 amide bonds. The van der Waals surface area contributed by atoms with Gasteiger partial charge in [0, 0.05) is 11.5 Å². The summed E-state index contributed by atoms with van der Waals surface area (Å²) in [7, 11) is 1.44. The van der Waals surface area contributed by atoms with E-state index in [1.54, 1.807) is 0 Å². The Labute approximate surface area is 100 Å². The largest absolute Gasteiger partial charge is 0.465 e. The standard InChI is InChI=1S/C13H16O2S/c1-13(2)8-16-7-9-5-4-6-10(11(9)13)12(14)15-3/h4-6H,7-8H2,1-3H3. The van der Waals surface area contributed by atoms with Crippen LogP contribution in [0.15, 0.2) is 18.2 Å². The van der Waals surface area contributed by atoms with Gasteiger partial charge in [-0.25, -0.2) is 4.79 Å². The summed E-state index contributed by atoms with van der Waals surface area (Å²) in [6.45, 7) is 4.37. The zero-order valence-electron chi connectivity index (χ0n) is 9.87. The van der Waals surface area contributed by atoms with Crippen molar-refractivity contribution in [1.82, 2.24) is 0 Å². The third-order valence-electron chi connectivity index (χ3n) is 2.95. The first-order chi connectivity index (χ1) is 7.56. The number of rotatable bonds is 1. The van der Waals surface area contributed by atoms with Crippen LogP contribution in [0.1, 0.15) is 35.3 Å². The quantitative estimate of drug-likeness (QED) is 0.701. The Balaban J connectivity index is 2.60. The molecule has 2 rings (SSSR count). The van der Waals surface area contributed by atoms with Gasteiger partial charge in [0.25, 0.3) is 0 Å². The molecule has 0 unspecified atom stereocenters. The lowest BCUT2D eigenvalue weighted by atomic mass is 9.80. The highest BCUT2D eigenvalue weighted by atomic mass is 32.2. The van der Waals surface area contributed by atoms with Crippen molar-refractivity contribution in [2.24, 2.45) is 0 Å². The minimum absolute atomic E-state index is 0.0447. The number of thioether (sulfide) groups is 1. The zero-order chi connectivity index (χ0) is 11.8. The van der Waals surface area contributed by atoms with Crippen LogP contribution < -0.4 is 0 Å². The Morgan fingerprint density at radius 2 is 2.19 bits per heavy atom. The van der Waals surface area contributed by atoms with Crippen molar-refractivity contribution in [3.05, 3.63) is 34.9 Å². The minimum atomic E-state index is -0.225. The van der Waals surface area contributed by atoms with Gasteiger partial charge in [-0.3, -0.25) is 0 Å². The second kappa shape index (κ2) is 4.13. The number of methoxy groups -OCH3 is 1. The molecule has 1 aromatic carbocycles. The van der Waals surface area contributed by atoms with Gasteiger partial charge in [0.2, 0.25) is 0 Å². The molecule has 0 saturated carbocycles. The number of ether oxygens (including phenoxy) is 1. The smallest absolute Gasteiger partial charge is 0.338 e. The maximum Gasteiger partial charge on any atom is 0.338 e. The van der Waals surface area contributed by atoms with Crippen LogP contribution >= 0.6 is 11.8 Å². The summed E-state index contributed by atoms with van der Waals surface area (Å²) in [6, 6.07) is 5.91. The van der Waals surface area contributed by atoms with Crippen LogP contribution in [0.3, 0.4) is 0 Å². The number of esters is 1. The van der Waals surface area contributed by atoms with E-state index in [4.69, 9.17) is 4.74 Å². The number of benzene rings is 1. The summed E-state index contributed by atoms with van der Waals surface area (Å²) in [5, 5.41) is 0. The lowest BCUT2D eigenvalue weighted by Gasteiger charge is -2.33. The normalized spacial score (nSPS) is 17.7. The van der Waals surface area contributed by atoms with E-state index >= 15 is 0 Å². The van der Waals surface area contributed by atoms with E-state index in [0.717, 1.165) is 17.1 Å². The average molecular weight is 236 g/mol. The molecule has 0 spiro atoms. The van der Waals surface area contributed by atoms with E-state index in [2.05, 4.69) is 19.9 Å². The lowest BCUT2D eigenvalue weighted by Crippen LogP contribution is -2.29. The Morgan fingerprint density at radius 3 is 2.88 bits per heavy atom. The van der Waals surface area contributed by atoms with Gasteiger partial charge >= 0.3 is 5.97 Å². The summed E-state index contributed by atoms with van der Waals surface area (Å²) < 4.78 is 4.85. The Hall–Kier alpha value is -0.960. The molecule has 0 N–H and O–H groups in total. The maximum atomic E-state index is 11.7. The predicted octanol–water partition coefficient (Wildman–Crippen LogP) is 3.00. The van der Waals surface area contributed by atoms with E-state index in [9.17, 15) is 4.79 Å². The van der Waals surface area contributed by atoms with Crippen LogP contribution in [-0.4, -0.2) is 18.8 Å². The van der Waals surface area contributed by atoms with Crippen LogP contribution in [0, 0.1) is 0 Å². The first-order valence-electron chi connectivity index (χ1n) is 5.34. The van der Waals surface area contributed by atoms with E-state index in [0.29, 0.717) is 0 Å². The fourth-order valence-electron chi connectivity index (χ4n) is 2.29. The molecular formula is C13H16O2S. The second-order valence-corrected chi connectivity index (χ2v) is 5.69. The van der Waals surface area contributed by atoms with Crippen molar-refractivity contribution in [2.75, 3.05) is 12.9 Å². The van der Waals surface area contributed by atoms with Crippen LogP contribution in [-0.2, 0) is 15.9 Å². The Morgan fingerprint density at radius 1 is 1.44 bits per heavy atom. The van der Waals surface area contributed by atoms with Gasteiger partial charge in [-0.2, -0.15) is 11.8 Å². The number of hydrogen-bond donors (Lipinski definition) is 0. The predicted molar refractivity (Wildman–Crippen MR) is 67.0 cm³/mol. The minimum Gasteiger partial charge on any atom is -0.465 e. The second-order valence-electron chi connectivity index (χ2n) is 4.71. The molecule has 0 aromatic heterocycles. The number of fused-ring (bicyclic) bond motifs is 1. The fourth-order valence-corrected chi connectivity index (χ4v) is 3.51. The molecule has 3 heteroatoms. The van der Waals surface area contributed by atoms with Crippen molar-refractivity contribution >= 4 is 17.7 Å². The van der Waals surface area contributed by atoms with Gasteiger partial charge in [-0.15, -0.1) is 0 Å². The third-order valence-corrected chi connectivity index (χ3v) is 4.39. The topological polar surface area (TPSA) is 26.3 Å². The highest BCUT2D eigenvalue weighted by Gasteiger charge is 2.32. The summed E-state index contributed by atoms with van der Waals surface area (Å²) in [5.41, 5.74) is 3.21. The third kappa shape index (κ3) is 1.84. The van der Waals surface area contributed by atoms with E-state index in [-0.39, 0.29) is 11.4 Å². The van der Waals surface area contributed by atoms with Crippen LogP contribution in [0.2, 0.25) is 0 Å². The van der Waals surface area contributed by atoms with Gasteiger partial charge in [0.1, 0.15) is 0 Å². The molecule has 0 radical (unpaired) electrons. The van der Waals surface area contributed by atoms with E-state index in [1.807, 2.05) is 23.9 Å². The van der Waals surface area contributed by atoms with Crippen LogP contribution in [0.4, 0.5) is 0 Å². The Bertz CT molecular complexity index is 424. The number of carbonyl (C=O) groups excluding carboxylic acids is 1. The Kier molecular flexibility index (Phi) is 2.98. The number of hydrogen-bond acceptors (Lipinski definition) is 3. The zero-order valence-corrected chi connectivity index (χ0v) is 10.7. The monoisotopic (exact) mass is 236 g/mol. The van der Waals surface area contributed by atoms with E-state index in [1.165, 1.54) is 18.2 Å². The molecule has 1 aliphatic rings. The van der Waals surface area contributed by atoms with Gasteiger partial charge in [-0.05, 0) is 22.6 Å². The molecule has 1 aliphatic heterocycles. The SMILES string of the molecule is COC(=O)c1cccc2c1C(C)(C)CSC2. The molecule has 0 atom stereocenters. The lowest BCUT2D eigenvalue weighted by molar-refractivity contribution is 0.0598. The van der Waals surface area contributed by atoms with Crippen LogP contribution in [0.5, 0.6) is 0 Å². The summed E-state index contributed by atoms with van der Waals surface area (Å²) in [4.78, 5) is 11.7. The first-order valence-corrected chi connectivity index (χ1v) is 6.50. The van der Waals surface area contributed by atoms with Gasteiger partial charge in [0.15, 0.2) is 0 Å². The van der Waals surface area contributed by atoms with Crippen molar-refractivity contribution in [1.29, 1.82) is 0 Å². The van der Waals surface area contributed by atoms with Gasteiger partial charge in [-0.1, -0.05) is 26.0 Å². The van der Waals surface area contributed by atoms with Crippen molar-refractivity contribution in [3.63, 3.8) is 0 Å². The van der Waals surface area contributed by atoms with Crippen molar-refractivity contribution in [2.45, 2.75) is 25.0 Å². The average Bonchev–Trinajstić information content (AvgIpc) is 2.27. The first kappa shape index (κ1) is 11.5. The molecular weight excluding hydrogens is 220 g/mol. The molecule has 0 bridgehead atoms. The molecule has 2 nitrogen and oxygen atoms in total.